The number of halogens is 1. The summed E-state index contributed by atoms with van der Waals surface area (Å²) in [6.45, 7) is 9.84. The first-order valence-electron chi connectivity index (χ1n) is 8.10. The Hall–Kier alpha value is -1.01. The van der Waals surface area contributed by atoms with Crippen LogP contribution in [0.25, 0.3) is 11.3 Å². The molecule has 0 atom stereocenters. The SMILES string of the molecule is CC[N+](C)(CC)Cc1c(C)oc(-c2ccccc2)c1N(C)C.[I-]. The molecule has 0 radical (unpaired) electrons. The summed E-state index contributed by atoms with van der Waals surface area (Å²) in [5.41, 5.74) is 3.69. The van der Waals surface area contributed by atoms with Gasteiger partial charge in [0.2, 0.25) is 0 Å². The molecule has 0 spiro atoms. The quantitative estimate of drug-likeness (QED) is 0.510. The minimum Gasteiger partial charge on any atom is -1.00 e. The van der Waals surface area contributed by atoms with Gasteiger partial charge in [-0.2, -0.15) is 0 Å². The molecule has 0 aliphatic rings. The van der Waals surface area contributed by atoms with Crippen molar-refractivity contribution in [3.63, 3.8) is 0 Å². The van der Waals surface area contributed by atoms with Crippen LogP contribution < -0.4 is 28.9 Å². The van der Waals surface area contributed by atoms with Gasteiger partial charge in [-0.05, 0) is 20.8 Å². The fourth-order valence-electron chi connectivity index (χ4n) is 2.84. The van der Waals surface area contributed by atoms with Crippen LogP contribution in [-0.4, -0.2) is 38.7 Å². The summed E-state index contributed by atoms with van der Waals surface area (Å²) in [7, 11) is 6.51. The van der Waals surface area contributed by atoms with Crippen LogP contribution in [-0.2, 0) is 6.54 Å². The van der Waals surface area contributed by atoms with Gasteiger partial charge in [0.25, 0.3) is 0 Å². The zero-order valence-corrected chi connectivity index (χ0v) is 17.3. The maximum Gasteiger partial charge on any atom is 0.158 e. The zero-order valence-electron chi connectivity index (χ0n) is 15.2. The van der Waals surface area contributed by atoms with Gasteiger partial charge in [-0.1, -0.05) is 30.3 Å². The maximum absolute atomic E-state index is 6.18. The molecule has 0 amide bonds. The van der Waals surface area contributed by atoms with Gasteiger partial charge in [-0.3, -0.25) is 0 Å². The Morgan fingerprint density at radius 3 is 2.09 bits per heavy atom. The summed E-state index contributed by atoms with van der Waals surface area (Å²) in [5.74, 6) is 2.02. The molecule has 0 saturated heterocycles. The monoisotopic (exact) mass is 428 g/mol. The number of nitrogens with zero attached hydrogens (tertiary/aromatic N) is 2. The maximum atomic E-state index is 6.18. The van der Waals surface area contributed by atoms with E-state index in [9.17, 15) is 0 Å². The molecule has 2 rings (SSSR count). The number of quaternary nitrogens is 1. The smallest absolute Gasteiger partial charge is 0.158 e. The lowest BCUT2D eigenvalue weighted by Crippen LogP contribution is -3.00. The number of furan rings is 1. The highest BCUT2D eigenvalue weighted by atomic mass is 127. The van der Waals surface area contributed by atoms with E-state index in [1.54, 1.807) is 0 Å². The molecule has 0 unspecified atom stereocenters. The van der Waals surface area contributed by atoms with Gasteiger partial charge in [-0.25, -0.2) is 0 Å². The molecule has 3 nitrogen and oxygen atoms in total. The molecule has 0 fully saturated rings. The van der Waals surface area contributed by atoms with Crippen molar-refractivity contribution >= 4 is 5.69 Å². The van der Waals surface area contributed by atoms with Gasteiger partial charge < -0.3 is 37.8 Å². The average molecular weight is 428 g/mol. The van der Waals surface area contributed by atoms with Crippen LogP contribution in [0, 0.1) is 6.92 Å². The first-order valence-corrected chi connectivity index (χ1v) is 8.10. The van der Waals surface area contributed by atoms with Crippen molar-refractivity contribution in [2.45, 2.75) is 27.3 Å². The number of aryl methyl sites for hydroxylation is 1. The first-order chi connectivity index (χ1) is 10.4. The van der Waals surface area contributed by atoms with Gasteiger partial charge in [0.15, 0.2) is 5.76 Å². The Morgan fingerprint density at radius 1 is 1.04 bits per heavy atom. The summed E-state index contributed by atoms with van der Waals surface area (Å²) in [6.07, 6.45) is 0. The fraction of sp³-hybridized carbons (Fsp3) is 0.474. The van der Waals surface area contributed by atoms with E-state index < -0.39 is 0 Å². The Kier molecular flexibility index (Phi) is 7.14. The van der Waals surface area contributed by atoms with Crippen LogP contribution in [0.3, 0.4) is 0 Å². The number of hydrogen-bond acceptors (Lipinski definition) is 2. The van der Waals surface area contributed by atoms with Gasteiger partial charge in [0.05, 0.1) is 31.4 Å². The van der Waals surface area contributed by atoms with Crippen molar-refractivity contribution in [2.75, 3.05) is 39.1 Å². The molecule has 0 aliphatic carbocycles. The van der Waals surface area contributed by atoms with E-state index >= 15 is 0 Å². The highest BCUT2D eigenvalue weighted by Gasteiger charge is 2.27. The molecule has 23 heavy (non-hydrogen) atoms. The second kappa shape index (κ2) is 8.20. The summed E-state index contributed by atoms with van der Waals surface area (Å²) in [6, 6.07) is 10.4. The third kappa shape index (κ3) is 4.29. The van der Waals surface area contributed by atoms with Crippen LogP contribution in [0.4, 0.5) is 5.69 Å². The van der Waals surface area contributed by atoms with E-state index in [1.807, 2.05) is 6.07 Å². The van der Waals surface area contributed by atoms with Gasteiger partial charge in [0, 0.05) is 19.7 Å². The molecular weight excluding hydrogens is 399 g/mol. The molecule has 1 aromatic carbocycles. The number of rotatable bonds is 6. The van der Waals surface area contributed by atoms with Crippen molar-refractivity contribution in [2.24, 2.45) is 0 Å². The van der Waals surface area contributed by atoms with Gasteiger partial charge in [0.1, 0.15) is 12.3 Å². The van der Waals surface area contributed by atoms with Gasteiger partial charge in [-0.15, -0.1) is 0 Å². The highest BCUT2D eigenvalue weighted by molar-refractivity contribution is 5.77. The van der Waals surface area contributed by atoms with Gasteiger partial charge >= 0.3 is 0 Å². The van der Waals surface area contributed by atoms with Crippen LogP contribution >= 0.6 is 0 Å². The lowest BCUT2D eigenvalue weighted by atomic mass is 10.1. The predicted octanol–water partition coefficient (Wildman–Crippen LogP) is 1.31. The fourth-order valence-corrected chi connectivity index (χ4v) is 2.84. The molecule has 4 heteroatoms. The molecule has 128 valence electrons. The molecule has 0 saturated carbocycles. The van der Waals surface area contributed by atoms with Crippen LogP contribution in [0.5, 0.6) is 0 Å². The van der Waals surface area contributed by atoms with E-state index in [0.29, 0.717) is 0 Å². The van der Waals surface area contributed by atoms with E-state index in [-0.39, 0.29) is 24.0 Å². The van der Waals surface area contributed by atoms with Crippen LogP contribution in [0.1, 0.15) is 25.2 Å². The van der Waals surface area contributed by atoms with Crippen molar-refractivity contribution in [3.8, 4) is 11.3 Å². The largest absolute Gasteiger partial charge is 1.00 e. The molecule has 1 aromatic heterocycles. The minimum atomic E-state index is 0. The number of anilines is 1. The van der Waals surface area contributed by atoms with Crippen LogP contribution in [0.2, 0.25) is 0 Å². The molecule has 0 bridgehead atoms. The highest BCUT2D eigenvalue weighted by Crippen LogP contribution is 2.39. The zero-order chi connectivity index (χ0) is 16.3. The molecule has 0 aliphatic heterocycles. The predicted molar refractivity (Wildman–Crippen MR) is 94.2 cm³/mol. The second-order valence-corrected chi connectivity index (χ2v) is 6.49. The average Bonchev–Trinajstić information content (AvgIpc) is 2.85. The van der Waals surface area contributed by atoms with E-state index in [1.165, 1.54) is 11.3 Å². The third-order valence-electron chi connectivity index (χ3n) is 4.73. The summed E-state index contributed by atoms with van der Waals surface area (Å²) >= 11 is 0. The Labute approximate surface area is 157 Å². The number of hydrogen-bond donors (Lipinski definition) is 0. The van der Waals surface area contributed by atoms with Crippen molar-refractivity contribution in [3.05, 3.63) is 41.7 Å². The Bertz CT molecular complexity index is 616. The summed E-state index contributed by atoms with van der Waals surface area (Å²) in [5, 5.41) is 0. The summed E-state index contributed by atoms with van der Waals surface area (Å²) < 4.78 is 7.20. The number of benzene rings is 1. The van der Waals surface area contributed by atoms with Crippen molar-refractivity contribution in [1.29, 1.82) is 0 Å². The van der Waals surface area contributed by atoms with E-state index in [0.717, 1.165) is 41.2 Å². The topological polar surface area (TPSA) is 16.4 Å². The molecule has 1 heterocycles. The standard InChI is InChI=1S/C19H29N2O.HI/c1-7-21(6,8-2)14-17-15(3)22-19(18(17)20(4)5)16-12-10-9-11-13-16;/h9-13H,7-8,14H2,1-6H3;1H/q+1;/p-1. The molecular formula is C19H29IN2O. The Morgan fingerprint density at radius 2 is 1.61 bits per heavy atom. The van der Waals surface area contributed by atoms with Crippen molar-refractivity contribution in [1.82, 2.24) is 0 Å². The van der Waals surface area contributed by atoms with Crippen LogP contribution in [0.15, 0.2) is 34.7 Å². The normalized spacial score (nSPS) is 11.2. The molecule has 0 N–H and O–H groups in total. The molecule has 2 aromatic rings. The van der Waals surface area contributed by atoms with E-state index in [4.69, 9.17) is 4.42 Å². The second-order valence-electron chi connectivity index (χ2n) is 6.49. The lowest BCUT2D eigenvalue weighted by molar-refractivity contribution is -0.919. The Balaban J connectivity index is 0.00000264. The van der Waals surface area contributed by atoms with E-state index in [2.05, 4.69) is 71.1 Å². The van der Waals surface area contributed by atoms with Crippen molar-refractivity contribution < 1.29 is 32.9 Å². The third-order valence-corrected chi connectivity index (χ3v) is 4.73. The minimum absolute atomic E-state index is 0. The lowest BCUT2D eigenvalue weighted by Gasteiger charge is -2.32. The first kappa shape index (κ1) is 20.0. The summed E-state index contributed by atoms with van der Waals surface area (Å²) in [4.78, 5) is 2.18.